The van der Waals surface area contributed by atoms with Gasteiger partial charge in [-0.2, -0.15) is 5.10 Å². The summed E-state index contributed by atoms with van der Waals surface area (Å²) in [7, 11) is 1.94. The van der Waals surface area contributed by atoms with Crippen LogP contribution < -0.4 is 5.32 Å². The number of fused-ring (bicyclic) bond motifs is 3. The smallest absolute Gasteiger partial charge is 0.251 e. The minimum atomic E-state index is -0.433. The molecule has 0 spiro atoms. The van der Waals surface area contributed by atoms with Crippen LogP contribution in [-0.4, -0.2) is 26.2 Å². The van der Waals surface area contributed by atoms with Crippen molar-refractivity contribution in [2.75, 3.05) is 0 Å². The standard InChI is InChI=1S/C22H22N4O/c1-22(2,24-21(27)15-9-5-4-6-10-15)13-19-20-16-11-7-8-12-17(16)23-14-18(20)25-26(19)3/h4-12,14H,13H2,1-3H3,(H,24,27). The van der Waals surface area contributed by atoms with Gasteiger partial charge in [-0.15, -0.1) is 0 Å². The number of para-hydroxylation sites is 1. The monoisotopic (exact) mass is 358 g/mol. The van der Waals surface area contributed by atoms with E-state index in [1.54, 1.807) is 0 Å². The van der Waals surface area contributed by atoms with Gasteiger partial charge < -0.3 is 5.32 Å². The molecule has 0 bridgehead atoms. The molecule has 1 N–H and O–H groups in total. The van der Waals surface area contributed by atoms with Crippen LogP contribution in [0.4, 0.5) is 0 Å². The number of amides is 1. The lowest BCUT2D eigenvalue weighted by Crippen LogP contribution is -2.45. The molecule has 0 radical (unpaired) electrons. The molecule has 0 atom stereocenters. The van der Waals surface area contributed by atoms with Crippen LogP contribution in [0.2, 0.25) is 0 Å². The molecule has 2 aromatic carbocycles. The van der Waals surface area contributed by atoms with Gasteiger partial charge in [-0.05, 0) is 32.0 Å². The number of benzene rings is 2. The van der Waals surface area contributed by atoms with Crippen LogP contribution in [0.1, 0.15) is 29.9 Å². The maximum Gasteiger partial charge on any atom is 0.251 e. The zero-order valence-corrected chi connectivity index (χ0v) is 15.7. The highest BCUT2D eigenvalue weighted by molar-refractivity contribution is 6.05. The van der Waals surface area contributed by atoms with Crippen molar-refractivity contribution in [1.29, 1.82) is 0 Å². The number of pyridine rings is 1. The average Bonchev–Trinajstić information content (AvgIpc) is 2.97. The molecule has 5 nitrogen and oxygen atoms in total. The molecule has 0 fully saturated rings. The number of aromatic nitrogens is 3. The van der Waals surface area contributed by atoms with Crippen molar-refractivity contribution < 1.29 is 4.79 Å². The van der Waals surface area contributed by atoms with Gasteiger partial charge in [0.15, 0.2) is 0 Å². The van der Waals surface area contributed by atoms with E-state index in [2.05, 4.69) is 21.5 Å². The van der Waals surface area contributed by atoms with E-state index in [0.717, 1.165) is 27.5 Å². The molecule has 5 heteroatoms. The summed E-state index contributed by atoms with van der Waals surface area (Å²) >= 11 is 0. The number of aryl methyl sites for hydroxylation is 1. The maximum absolute atomic E-state index is 12.6. The van der Waals surface area contributed by atoms with Gasteiger partial charge in [-0.1, -0.05) is 36.4 Å². The third-order valence-electron chi connectivity index (χ3n) is 4.79. The summed E-state index contributed by atoms with van der Waals surface area (Å²) in [6.45, 7) is 4.08. The van der Waals surface area contributed by atoms with Crippen molar-refractivity contribution in [1.82, 2.24) is 20.1 Å². The van der Waals surface area contributed by atoms with Gasteiger partial charge in [-0.3, -0.25) is 14.5 Å². The predicted octanol–water partition coefficient (Wildman–Crippen LogP) is 3.87. The molecule has 27 heavy (non-hydrogen) atoms. The van der Waals surface area contributed by atoms with Crippen molar-refractivity contribution >= 4 is 27.7 Å². The molecule has 0 aliphatic carbocycles. The number of nitrogens with zero attached hydrogens (tertiary/aromatic N) is 3. The molecule has 4 rings (SSSR count). The fourth-order valence-corrected chi connectivity index (χ4v) is 3.53. The van der Waals surface area contributed by atoms with Crippen LogP contribution in [-0.2, 0) is 13.5 Å². The molecule has 2 heterocycles. The Morgan fingerprint density at radius 3 is 2.52 bits per heavy atom. The fourth-order valence-electron chi connectivity index (χ4n) is 3.53. The topological polar surface area (TPSA) is 59.8 Å². The van der Waals surface area contributed by atoms with E-state index >= 15 is 0 Å². The van der Waals surface area contributed by atoms with E-state index in [9.17, 15) is 4.79 Å². The van der Waals surface area contributed by atoms with E-state index < -0.39 is 5.54 Å². The Balaban J connectivity index is 1.71. The van der Waals surface area contributed by atoms with Crippen molar-refractivity contribution in [3.05, 3.63) is 72.1 Å². The maximum atomic E-state index is 12.6. The third-order valence-corrected chi connectivity index (χ3v) is 4.79. The van der Waals surface area contributed by atoms with Crippen LogP contribution in [0.5, 0.6) is 0 Å². The summed E-state index contributed by atoms with van der Waals surface area (Å²) in [4.78, 5) is 17.1. The van der Waals surface area contributed by atoms with E-state index in [1.807, 2.05) is 80.3 Å². The Morgan fingerprint density at radius 1 is 1.04 bits per heavy atom. The summed E-state index contributed by atoms with van der Waals surface area (Å²) < 4.78 is 1.90. The molecule has 0 saturated carbocycles. The number of carbonyl (C=O) groups excluding carboxylic acids is 1. The number of hydrogen-bond acceptors (Lipinski definition) is 3. The second kappa shape index (κ2) is 6.50. The number of nitrogens with one attached hydrogen (secondary N) is 1. The molecule has 0 aliphatic rings. The summed E-state index contributed by atoms with van der Waals surface area (Å²) in [5.74, 6) is -0.0707. The normalized spacial score (nSPS) is 11.8. The lowest BCUT2D eigenvalue weighted by atomic mass is 9.95. The summed E-state index contributed by atoms with van der Waals surface area (Å²) in [5, 5.41) is 9.97. The Bertz CT molecular complexity index is 1130. The molecule has 4 aromatic rings. The lowest BCUT2D eigenvalue weighted by Gasteiger charge is -2.26. The molecule has 136 valence electrons. The molecule has 0 aliphatic heterocycles. The van der Waals surface area contributed by atoms with E-state index in [1.165, 1.54) is 0 Å². The predicted molar refractivity (Wildman–Crippen MR) is 108 cm³/mol. The molecule has 2 aromatic heterocycles. The summed E-state index contributed by atoms with van der Waals surface area (Å²) in [6, 6.07) is 17.4. The summed E-state index contributed by atoms with van der Waals surface area (Å²) in [6.07, 6.45) is 2.48. The number of rotatable bonds is 4. The minimum absolute atomic E-state index is 0.0707. The van der Waals surface area contributed by atoms with Crippen LogP contribution in [0.25, 0.3) is 21.8 Å². The molecule has 0 unspecified atom stereocenters. The summed E-state index contributed by atoms with van der Waals surface area (Å²) in [5.41, 5.74) is 3.14. The van der Waals surface area contributed by atoms with E-state index in [0.29, 0.717) is 12.0 Å². The zero-order chi connectivity index (χ0) is 19.0. The first kappa shape index (κ1) is 17.2. The average molecular weight is 358 g/mol. The van der Waals surface area contributed by atoms with Crippen molar-refractivity contribution in [3.63, 3.8) is 0 Å². The van der Waals surface area contributed by atoms with Gasteiger partial charge in [-0.25, -0.2) is 0 Å². The fraction of sp³-hybridized carbons (Fsp3) is 0.227. The van der Waals surface area contributed by atoms with Crippen LogP contribution in [0.3, 0.4) is 0 Å². The second-order valence-corrected chi connectivity index (χ2v) is 7.49. The molecular formula is C22H22N4O. The minimum Gasteiger partial charge on any atom is -0.347 e. The van der Waals surface area contributed by atoms with E-state index in [4.69, 9.17) is 0 Å². The first-order valence-electron chi connectivity index (χ1n) is 9.01. The second-order valence-electron chi connectivity index (χ2n) is 7.49. The van der Waals surface area contributed by atoms with Gasteiger partial charge >= 0.3 is 0 Å². The molecule has 0 saturated heterocycles. The van der Waals surface area contributed by atoms with Crippen molar-refractivity contribution in [3.8, 4) is 0 Å². The van der Waals surface area contributed by atoms with Crippen LogP contribution >= 0.6 is 0 Å². The van der Waals surface area contributed by atoms with Gasteiger partial charge in [0.25, 0.3) is 5.91 Å². The van der Waals surface area contributed by atoms with E-state index in [-0.39, 0.29) is 5.91 Å². The number of hydrogen-bond donors (Lipinski definition) is 1. The van der Waals surface area contributed by atoms with Gasteiger partial charge in [0.2, 0.25) is 0 Å². The third kappa shape index (κ3) is 3.28. The number of carbonyl (C=O) groups is 1. The quantitative estimate of drug-likeness (QED) is 0.602. The highest BCUT2D eigenvalue weighted by atomic mass is 16.1. The Labute approximate surface area is 158 Å². The zero-order valence-electron chi connectivity index (χ0n) is 15.7. The highest BCUT2D eigenvalue weighted by Gasteiger charge is 2.25. The highest BCUT2D eigenvalue weighted by Crippen LogP contribution is 2.28. The Morgan fingerprint density at radius 2 is 1.74 bits per heavy atom. The van der Waals surface area contributed by atoms with Gasteiger partial charge in [0.1, 0.15) is 5.52 Å². The van der Waals surface area contributed by atoms with Gasteiger partial charge in [0, 0.05) is 41.0 Å². The van der Waals surface area contributed by atoms with Crippen molar-refractivity contribution in [2.24, 2.45) is 7.05 Å². The Hall–Kier alpha value is -3.21. The molecule has 1 amide bonds. The Kier molecular flexibility index (Phi) is 4.15. The van der Waals surface area contributed by atoms with Crippen LogP contribution in [0.15, 0.2) is 60.8 Å². The first-order chi connectivity index (χ1) is 12.9. The lowest BCUT2D eigenvalue weighted by molar-refractivity contribution is 0.0912. The van der Waals surface area contributed by atoms with Crippen LogP contribution in [0, 0.1) is 0 Å². The van der Waals surface area contributed by atoms with Gasteiger partial charge in [0.05, 0.1) is 11.7 Å². The SMILES string of the molecule is Cn1nc2cnc3ccccc3c2c1CC(C)(C)NC(=O)c1ccccc1. The molecular weight excluding hydrogens is 336 g/mol. The van der Waals surface area contributed by atoms with Crippen molar-refractivity contribution in [2.45, 2.75) is 25.8 Å². The first-order valence-corrected chi connectivity index (χ1v) is 9.01. The largest absolute Gasteiger partial charge is 0.347 e.